The molecule has 0 bridgehead atoms. The van der Waals surface area contributed by atoms with Crippen LogP contribution in [0.2, 0.25) is 0 Å². The highest BCUT2D eigenvalue weighted by molar-refractivity contribution is 5.97. The average Bonchev–Trinajstić information content (AvgIpc) is 3.07. The smallest absolute Gasteiger partial charge is 0.168 e. The van der Waals surface area contributed by atoms with E-state index < -0.39 is 0 Å². The van der Waals surface area contributed by atoms with Crippen LogP contribution in [0.25, 0.3) is 0 Å². The number of nitrogens with one attached hydrogen (secondary N) is 1. The number of carbonyl (C=O) groups is 1. The van der Waals surface area contributed by atoms with Crippen molar-refractivity contribution >= 4 is 5.78 Å². The lowest BCUT2D eigenvalue weighted by Gasteiger charge is -2.29. The SMILES string of the molecule is O=C(c1ccccc1)C(Cn1ncnn1)C1CCNCC1. The summed E-state index contributed by atoms with van der Waals surface area (Å²) in [5.41, 5.74) is 0.765. The van der Waals surface area contributed by atoms with E-state index in [2.05, 4.69) is 20.7 Å². The normalized spacial score (nSPS) is 17.5. The first-order chi connectivity index (χ1) is 10.3. The van der Waals surface area contributed by atoms with Crippen molar-refractivity contribution in [2.75, 3.05) is 13.1 Å². The van der Waals surface area contributed by atoms with Crippen LogP contribution in [0.1, 0.15) is 23.2 Å². The van der Waals surface area contributed by atoms with E-state index in [9.17, 15) is 4.79 Å². The van der Waals surface area contributed by atoms with Gasteiger partial charge in [0, 0.05) is 11.5 Å². The molecule has 0 saturated carbocycles. The zero-order valence-corrected chi connectivity index (χ0v) is 11.9. The zero-order valence-electron chi connectivity index (χ0n) is 11.9. The Hall–Kier alpha value is -2.08. The van der Waals surface area contributed by atoms with Gasteiger partial charge in [-0.2, -0.15) is 4.80 Å². The number of carbonyl (C=O) groups excluding carboxylic acids is 1. The van der Waals surface area contributed by atoms with Gasteiger partial charge in [-0.1, -0.05) is 30.3 Å². The third-order valence-electron chi connectivity index (χ3n) is 4.10. The number of rotatable bonds is 5. The second kappa shape index (κ2) is 6.58. The largest absolute Gasteiger partial charge is 0.317 e. The average molecular weight is 285 g/mol. The molecule has 1 fully saturated rings. The van der Waals surface area contributed by atoms with E-state index in [1.807, 2.05) is 30.3 Å². The molecule has 1 aliphatic rings. The molecule has 1 N–H and O–H groups in total. The van der Waals surface area contributed by atoms with E-state index in [-0.39, 0.29) is 11.7 Å². The summed E-state index contributed by atoms with van der Waals surface area (Å²) in [5.74, 6) is 0.452. The van der Waals surface area contributed by atoms with Gasteiger partial charge >= 0.3 is 0 Å². The number of hydrogen-bond donors (Lipinski definition) is 1. The third kappa shape index (κ3) is 3.33. The Labute approximate surface area is 123 Å². The van der Waals surface area contributed by atoms with Crippen LogP contribution in [0, 0.1) is 11.8 Å². The molecule has 3 rings (SSSR count). The Morgan fingerprint density at radius 1 is 1.29 bits per heavy atom. The third-order valence-corrected chi connectivity index (χ3v) is 4.10. The van der Waals surface area contributed by atoms with E-state index in [0.29, 0.717) is 12.5 Å². The Morgan fingerprint density at radius 2 is 2.05 bits per heavy atom. The maximum atomic E-state index is 12.9. The first kappa shape index (κ1) is 13.9. The lowest BCUT2D eigenvalue weighted by atomic mass is 9.80. The lowest BCUT2D eigenvalue weighted by Crippen LogP contribution is -2.37. The molecule has 0 spiro atoms. The molecule has 2 heterocycles. The highest BCUT2D eigenvalue weighted by atomic mass is 16.1. The van der Waals surface area contributed by atoms with E-state index in [4.69, 9.17) is 0 Å². The molecule has 1 unspecified atom stereocenters. The van der Waals surface area contributed by atoms with Crippen LogP contribution in [0.15, 0.2) is 36.7 Å². The van der Waals surface area contributed by atoms with Crippen molar-refractivity contribution in [1.82, 2.24) is 25.5 Å². The van der Waals surface area contributed by atoms with Crippen molar-refractivity contribution in [2.45, 2.75) is 19.4 Å². The van der Waals surface area contributed by atoms with Gasteiger partial charge in [-0.15, -0.1) is 10.2 Å². The van der Waals surface area contributed by atoms with Crippen LogP contribution in [0.4, 0.5) is 0 Å². The summed E-state index contributed by atoms with van der Waals surface area (Å²) >= 11 is 0. The molecule has 1 aliphatic heterocycles. The van der Waals surface area contributed by atoms with Gasteiger partial charge in [0.2, 0.25) is 0 Å². The topological polar surface area (TPSA) is 72.7 Å². The highest BCUT2D eigenvalue weighted by Gasteiger charge is 2.31. The van der Waals surface area contributed by atoms with Crippen molar-refractivity contribution in [3.8, 4) is 0 Å². The Kier molecular flexibility index (Phi) is 4.35. The molecule has 0 radical (unpaired) electrons. The van der Waals surface area contributed by atoms with E-state index in [0.717, 1.165) is 31.5 Å². The monoisotopic (exact) mass is 285 g/mol. The molecule has 2 aromatic rings. The highest BCUT2D eigenvalue weighted by Crippen LogP contribution is 2.26. The number of benzene rings is 1. The summed E-state index contributed by atoms with van der Waals surface area (Å²) in [6.45, 7) is 2.43. The Morgan fingerprint density at radius 3 is 2.71 bits per heavy atom. The molecule has 1 saturated heterocycles. The number of tetrazole rings is 1. The Balaban J connectivity index is 1.82. The van der Waals surface area contributed by atoms with Gasteiger partial charge in [-0.25, -0.2) is 0 Å². The number of nitrogens with zero attached hydrogens (tertiary/aromatic N) is 4. The predicted octanol–water partition coefficient (Wildman–Crippen LogP) is 1.17. The van der Waals surface area contributed by atoms with Crippen LogP contribution in [-0.4, -0.2) is 39.1 Å². The molecule has 1 aromatic heterocycles. The van der Waals surface area contributed by atoms with Crippen LogP contribution in [0.5, 0.6) is 0 Å². The fourth-order valence-corrected chi connectivity index (χ4v) is 2.96. The van der Waals surface area contributed by atoms with Crippen molar-refractivity contribution in [3.63, 3.8) is 0 Å². The molecule has 0 amide bonds. The predicted molar refractivity (Wildman–Crippen MR) is 77.7 cm³/mol. The van der Waals surface area contributed by atoms with Crippen LogP contribution < -0.4 is 5.32 Å². The maximum absolute atomic E-state index is 12.9. The van der Waals surface area contributed by atoms with Crippen molar-refractivity contribution < 1.29 is 4.79 Å². The first-order valence-corrected chi connectivity index (χ1v) is 7.35. The van der Waals surface area contributed by atoms with Gasteiger partial charge in [-0.05, 0) is 37.1 Å². The summed E-state index contributed by atoms with van der Waals surface area (Å²) in [4.78, 5) is 14.4. The quantitative estimate of drug-likeness (QED) is 0.835. The molecule has 1 atom stereocenters. The number of ketones is 1. The summed E-state index contributed by atoms with van der Waals surface area (Å²) in [7, 11) is 0. The summed E-state index contributed by atoms with van der Waals surface area (Å²) in [5, 5.41) is 15.0. The second-order valence-electron chi connectivity index (χ2n) is 5.41. The summed E-state index contributed by atoms with van der Waals surface area (Å²) in [6.07, 6.45) is 3.43. The van der Waals surface area contributed by atoms with E-state index >= 15 is 0 Å². The molecule has 0 aliphatic carbocycles. The maximum Gasteiger partial charge on any atom is 0.168 e. The number of Topliss-reactive ketones (excluding diaryl/α,β-unsaturated/α-hetero) is 1. The number of piperidine rings is 1. The molecule has 21 heavy (non-hydrogen) atoms. The lowest BCUT2D eigenvalue weighted by molar-refractivity contribution is 0.0816. The molecule has 1 aromatic carbocycles. The minimum absolute atomic E-state index is 0.0938. The second-order valence-corrected chi connectivity index (χ2v) is 5.41. The number of hydrogen-bond acceptors (Lipinski definition) is 5. The molecular weight excluding hydrogens is 266 g/mol. The fraction of sp³-hybridized carbons (Fsp3) is 0.467. The minimum Gasteiger partial charge on any atom is -0.317 e. The van der Waals surface area contributed by atoms with Crippen molar-refractivity contribution in [3.05, 3.63) is 42.2 Å². The van der Waals surface area contributed by atoms with Crippen molar-refractivity contribution in [2.24, 2.45) is 11.8 Å². The van der Waals surface area contributed by atoms with E-state index in [1.165, 1.54) is 11.1 Å². The summed E-state index contributed by atoms with van der Waals surface area (Å²) in [6, 6.07) is 9.49. The molecule has 6 heteroatoms. The van der Waals surface area contributed by atoms with Gasteiger partial charge in [-0.3, -0.25) is 4.79 Å². The number of aromatic nitrogens is 4. The van der Waals surface area contributed by atoms with Gasteiger partial charge in [0.15, 0.2) is 12.1 Å². The van der Waals surface area contributed by atoms with Gasteiger partial charge in [0.1, 0.15) is 0 Å². The van der Waals surface area contributed by atoms with Gasteiger partial charge in [0.05, 0.1) is 6.54 Å². The molecular formula is C15H19N5O. The Bertz CT molecular complexity index is 563. The molecule has 110 valence electrons. The first-order valence-electron chi connectivity index (χ1n) is 7.35. The van der Waals surface area contributed by atoms with Gasteiger partial charge in [0.25, 0.3) is 0 Å². The standard InChI is InChI=1S/C15H19N5O/c21-15(13-4-2-1-3-5-13)14(10-20-18-11-17-19-20)12-6-8-16-9-7-12/h1-5,11-12,14,16H,6-10H2. The minimum atomic E-state index is -0.0938. The van der Waals surface area contributed by atoms with Crippen LogP contribution >= 0.6 is 0 Å². The molecule has 6 nitrogen and oxygen atoms in total. The summed E-state index contributed by atoms with van der Waals surface area (Å²) < 4.78 is 0. The van der Waals surface area contributed by atoms with Crippen molar-refractivity contribution in [1.29, 1.82) is 0 Å². The van der Waals surface area contributed by atoms with Crippen LogP contribution in [-0.2, 0) is 6.54 Å². The van der Waals surface area contributed by atoms with E-state index in [1.54, 1.807) is 0 Å². The van der Waals surface area contributed by atoms with Crippen LogP contribution in [0.3, 0.4) is 0 Å². The fourth-order valence-electron chi connectivity index (χ4n) is 2.96. The van der Waals surface area contributed by atoms with Gasteiger partial charge < -0.3 is 5.32 Å². The zero-order chi connectivity index (χ0) is 14.5.